The van der Waals surface area contributed by atoms with Crippen LogP contribution in [-0.4, -0.2) is 13.3 Å². The number of nitrogens with two attached hydrogens (primary N) is 1. The third-order valence-corrected chi connectivity index (χ3v) is 7.70. The number of hydrogen-bond acceptors (Lipinski definition) is 3. The number of hydrogen-bond donors (Lipinski definition) is 1. The van der Waals surface area contributed by atoms with Crippen molar-refractivity contribution in [2.24, 2.45) is 0 Å². The lowest BCUT2D eigenvalue weighted by Gasteiger charge is -2.36. The number of rotatable bonds is 3. The Morgan fingerprint density at radius 1 is 1.31 bits per heavy atom. The molecule has 0 aliphatic rings. The van der Waals surface area contributed by atoms with Gasteiger partial charge in [-0.3, -0.25) is 4.98 Å². The Morgan fingerprint density at radius 2 is 1.94 bits per heavy atom. The summed E-state index contributed by atoms with van der Waals surface area (Å²) in [5.41, 5.74) is 7.41. The van der Waals surface area contributed by atoms with Crippen molar-refractivity contribution in [2.45, 2.75) is 45.5 Å². The molecule has 90 valence electrons. The zero-order valence-electron chi connectivity index (χ0n) is 10.9. The van der Waals surface area contributed by atoms with E-state index < -0.39 is 8.32 Å². The molecule has 0 aliphatic heterocycles. The van der Waals surface area contributed by atoms with Crippen LogP contribution in [-0.2, 0) is 11.0 Å². The Labute approximate surface area is 99.2 Å². The number of nitrogens with zero attached hydrogens (tertiary/aromatic N) is 1. The highest BCUT2D eigenvalue weighted by Crippen LogP contribution is 2.37. The second-order valence-electron chi connectivity index (χ2n) is 5.68. The van der Waals surface area contributed by atoms with Gasteiger partial charge in [0.15, 0.2) is 8.32 Å². The van der Waals surface area contributed by atoms with E-state index in [-0.39, 0.29) is 5.04 Å². The second-order valence-corrected chi connectivity index (χ2v) is 10.5. The van der Waals surface area contributed by atoms with Crippen LogP contribution in [0, 0.1) is 0 Å². The van der Waals surface area contributed by atoms with Crippen molar-refractivity contribution in [2.75, 3.05) is 5.73 Å². The first-order valence-electron chi connectivity index (χ1n) is 5.56. The van der Waals surface area contributed by atoms with Gasteiger partial charge in [-0.05, 0) is 29.8 Å². The topological polar surface area (TPSA) is 48.1 Å². The molecular weight excluding hydrogens is 216 g/mol. The van der Waals surface area contributed by atoms with Crippen molar-refractivity contribution in [3.8, 4) is 0 Å². The lowest BCUT2D eigenvalue weighted by Crippen LogP contribution is -2.40. The third kappa shape index (κ3) is 3.32. The highest BCUT2D eigenvalue weighted by atomic mass is 28.4. The fourth-order valence-corrected chi connectivity index (χ4v) is 2.03. The molecule has 0 atom stereocenters. The molecule has 1 aromatic heterocycles. The van der Waals surface area contributed by atoms with Gasteiger partial charge >= 0.3 is 0 Å². The maximum absolute atomic E-state index is 6.08. The molecule has 0 spiro atoms. The number of pyridine rings is 1. The van der Waals surface area contributed by atoms with Gasteiger partial charge in [0.2, 0.25) is 0 Å². The first kappa shape index (κ1) is 13.2. The second kappa shape index (κ2) is 4.55. The van der Waals surface area contributed by atoms with Crippen LogP contribution in [0.15, 0.2) is 18.5 Å². The third-order valence-electron chi connectivity index (χ3n) is 3.22. The van der Waals surface area contributed by atoms with E-state index in [9.17, 15) is 0 Å². The van der Waals surface area contributed by atoms with Gasteiger partial charge in [0, 0.05) is 12.4 Å². The fourth-order valence-electron chi connectivity index (χ4n) is 1.07. The van der Waals surface area contributed by atoms with Crippen LogP contribution in [0.2, 0.25) is 18.1 Å². The van der Waals surface area contributed by atoms with Gasteiger partial charge in [-0.25, -0.2) is 0 Å². The first-order valence-corrected chi connectivity index (χ1v) is 8.46. The monoisotopic (exact) mass is 238 g/mol. The summed E-state index contributed by atoms with van der Waals surface area (Å²) in [6.07, 6.45) is 3.46. The highest BCUT2D eigenvalue weighted by molar-refractivity contribution is 6.74. The molecule has 0 saturated heterocycles. The molecule has 0 aromatic carbocycles. The summed E-state index contributed by atoms with van der Waals surface area (Å²) in [5.74, 6) is 0. The molecule has 0 radical (unpaired) electrons. The maximum atomic E-state index is 6.08. The van der Waals surface area contributed by atoms with E-state index in [4.69, 9.17) is 10.2 Å². The van der Waals surface area contributed by atoms with E-state index in [1.165, 1.54) is 0 Å². The minimum Gasteiger partial charge on any atom is -0.413 e. The van der Waals surface area contributed by atoms with Gasteiger partial charge in [0.25, 0.3) is 0 Å². The Hall–Kier alpha value is -0.873. The van der Waals surface area contributed by atoms with Crippen LogP contribution in [0.3, 0.4) is 0 Å². The van der Waals surface area contributed by atoms with Gasteiger partial charge in [-0.2, -0.15) is 0 Å². The minimum absolute atomic E-state index is 0.237. The lowest BCUT2D eigenvalue weighted by molar-refractivity contribution is 0.276. The summed E-state index contributed by atoms with van der Waals surface area (Å²) >= 11 is 0. The lowest BCUT2D eigenvalue weighted by atomic mass is 10.2. The predicted molar refractivity (Wildman–Crippen MR) is 70.6 cm³/mol. The standard InChI is InChI=1S/C12H22N2OSi/c1-12(2,3)16(4,5)15-9-10-6-11(13)8-14-7-10/h6-8H,9,13H2,1-5H3. The van der Waals surface area contributed by atoms with E-state index in [0.29, 0.717) is 12.3 Å². The average molecular weight is 238 g/mol. The molecule has 0 unspecified atom stereocenters. The maximum Gasteiger partial charge on any atom is 0.192 e. The number of anilines is 1. The summed E-state index contributed by atoms with van der Waals surface area (Å²) in [6.45, 7) is 11.8. The van der Waals surface area contributed by atoms with Crippen molar-refractivity contribution in [3.05, 3.63) is 24.0 Å². The van der Waals surface area contributed by atoms with Crippen LogP contribution < -0.4 is 5.73 Å². The van der Waals surface area contributed by atoms with Crippen LogP contribution in [0.1, 0.15) is 26.3 Å². The predicted octanol–water partition coefficient (Wildman–Crippen LogP) is 3.19. The van der Waals surface area contributed by atoms with Crippen LogP contribution in [0.5, 0.6) is 0 Å². The summed E-state index contributed by atoms with van der Waals surface area (Å²) in [5, 5.41) is 0.237. The molecule has 16 heavy (non-hydrogen) atoms. The number of aromatic nitrogens is 1. The Bertz CT molecular complexity index is 358. The van der Waals surface area contributed by atoms with Crippen molar-refractivity contribution in [3.63, 3.8) is 0 Å². The van der Waals surface area contributed by atoms with Gasteiger partial charge < -0.3 is 10.2 Å². The van der Waals surface area contributed by atoms with Gasteiger partial charge in [0.05, 0.1) is 12.3 Å². The molecule has 1 aromatic rings. The molecule has 0 aliphatic carbocycles. The quantitative estimate of drug-likeness (QED) is 0.823. The van der Waals surface area contributed by atoms with Crippen molar-refractivity contribution < 1.29 is 4.43 Å². The van der Waals surface area contributed by atoms with E-state index in [1.807, 2.05) is 12.3 Å². The molecule has 0 amide bonds. The normalized spacial score (nSPS) is 12.8. The van der Waals surface area contributed by atoms with E-state index in [1.54, 1.807) is 6.20 Å². The van der Waals surface area contributed by atoms with Crippen molar-refractivity contribution in [1.29, 1.82) is 0 Å². The smallest absolute Gasteiger partial charge is 0.192 e. The zero-order chi connectivity index (χ0) is 12.4. The Kier molecular flexibility index (Phi) is 3.75. The van der Waals surface area contributed by atoms with E-state index in [0.717, 1.165) is 5.56 Å². The molecule has 1 rings (SSSR count). The average Bonchev–Trinajstić information content (AvgIpc) is 2.13. The highest BCUT2D eigenvalue weighted by Gasteiger charge is 2.36. The van der Waals surface area contributed by atoms with Gasteiger partial charge in [-0.1, -0.05) is 20.8 Å². The molecule has 4 heteroatoms. The SMILES string of the molecule is CC(C)(C)[Si](C)(C)OCc1cncc(N)c1. The molecule has 1 heterocycles. The summed E-state index contributed by atoms with van der Waals surface area (Å²) < 4.78 is 6.08. The minimum atomic E-state index is -1.67. The largest absolute Gasteiger partial charge is 0.413 e. The van der Waals surface area contributed by atoms with Gasteiger partial charge in [0.1, 0.15) is 0 Å². The molecular formula is C12H22N2OSi. The number of nitrogen functional groups attached to an aromatic ring is 1. The molecule has 2 N–H and O–H groups in total. The van der Waals surface area contributed by atoms with Crippen molar-refractivity contribution >= 4 is 14.0 Å². The summed E-state index contributed by atoms with van der Waals surface area (Å²) in [4.78, 5) is 4.06. The molecule has 0 bridgehead atoms. The zero-order valence-corrected chi connectivity index (χ0v) is 11.9. The first-order chi connectivity index (χ1) is 7.22. The summed E-state index contributed by atoms with van der Waals surface area (Å²) in [6, 6.07) is 1.92. The molecule has 0 saturated carbocycles. The molecule has 3 nitrogen and oxygen atoms in total. The van der Waals surface area contributed by atoms with Crippen LogP contribution in [0.25, 0.3) is 0 Å². The van der Waals surface area contributed by atoms with Crippen molar-refractivity contribution in [1.82, 2.24) is 4.98 Å². The molecule has 0 fully saturated rings. The van der Waals surface area contributed by atoms with Gasteiger partial charge in [-0.15, -0.1) is 0 Å². The Balaban J connectivity index is 2.65. The van der Waals surface area contributed by atoms with E-state index in [2.05, 4.69) is 38.8 Å². The van der Waals surface area contributed by atoms with E-state index >= 15 is 0 Å². The van der Waals surface area contributed by atoms with Crippen LogP contribution >= 0.6 is 0 Å². The van der Waals surface area contributed by atoms with Crippen LogP contribution in [0.4, 0.5) is 5.69 Å². The fraction of sp³-hybridized carbons (Fsp3) is 0.583. The Morgan fingerprint density at radius 3 is 2.44 bits per heavy atom. The summed E-state index contributed by atoms with van der Waals surface area (Å²) in [7, 11) is -1.67.